The fraction of sp³-hybridized carbons (Fsp3) is 0.875. The first-order valence-electron chi connectivity index (χ1n) is 8.27. The van der Waals surface area contributed by atoms with Crippen LogP contribution in [0.2, 0.25) is 0 Å². The Kier molecular flexibility index (Phi) is 8.79. The largest absolute Gasteiger partial charge is 0.469 e. The molecule has 2 fully saturated rings. The highest BCUT2D eigenvalue weighted by Crippen LogP contribution is 2.32. The van der Waals surface area contributed by atoms with Crippen molar-refractivity contribution in [3.63, 3.8) is 0 Å². The summed E-state index contributed by atoms with van der Waals surface area (Å²) in [6.07, 6.45) is 8.74. The first-order valence-corrected chi connectivity index (χ1v) is 8.27. The summed E-state index contributed by atoms with van der Waals surface area (Å²) in [6.45, 7) is 0.720. The summed E-state index contributed by atoms with van der Waals surface area (Å²) < 4.78 is 4.59. The molecule has 2 aliphatic rings. The van der Waals surface area contributed by atoms with E-state index >= 15 is 0 Å². The summed E-state index contributed by atoms with van der Waals surface area (Å²) in [7, 11) is 1.41. The van der Waals surface area contributed by atoms with Crippen molar-refractivity contribution >= 4 is 24.3 Å². The van der Waals surface area contributed by atoms with Gasteiger partial charge in [0, 0.05) is 31.5 Å². The van der Waals surface area contributed by atoms with Gasteiger partial charge in [0.25, 0.3) is 0 Å². The SMILES string of the molecule is COC(=O)CCCCCNC(=O)CC1CC2CCC(C1)N2.Cl. The second kappa shape index (κ2) is 10.1. The molecule has 0 radical (unpaired) electrons. The number of piperidine rings is 1. The Morgan fingerprint density at radius 2 is 1.82 bits per heavy atom. The molecule has 2 atom stereocenters. The van der Waals surface area contributed by atoms with Gasteiger partial charge in [-0.25, -0.2) is 0 Å². The lowest BCUT2D eigenvalue weighted by molar-refractivity contribution is -0.140. The summed E-state index contributed by atoms with van der Waals surface area (Å²) in [5, 5.41) is 6.61. The predicted octanol–water partition coefficient (Wildman–Crippen LogP) is 2.18. The van der Waals surface area contributed by atoms with Crippen LogP contribution in [-0.4, -0.2) is 37.6 Å². The highest BCUT2D eigenvalue weighted by molar-refractivity contribution is 5.85. The second-order valence-electron chi connectivity index (χ2n) is 6.42. The van der Waals surface area contributed by atoms with Crippen LogP contribution >= 0.6 is 12.4 Å². The van der Waals surface area contributed by atoms with Crippen molar-refractivity contribution in [3.05, 3.63) is 0 Å². The Labute approximate surface area is 139 Å². The quantitative estimate of drug-likeness (QED) is 0.528. The molecule has 0 aromatic carbocycles. The fourth-order valence-electron chi connectivity index (χ4n) is 3.58. The standard InChI is InChI=1S/C16H28N2O3.ClH/c1-21-16(20)5-3-2-4-8-17-15(19)11-12-9-13-6-7-14(10-12)18-13;/h12-14,18H,2-11H2,1H3,(H,17,19);1H. The molecule has 22 heavy (non-hydrogen) atoms. The van der Waals surface area contributed by atoms with Crippen molar-refractivity contribution in [1.82, 2.24) is 10.6 Å². The third-order valence-electron chi connectivity index (χ3n) is 4.65. The number of hydrogen-bond acceptors (Lipinski definition) is 4. The fourth-order valence-corrected chi connectivity index (χ4v) is 3.58. The van der Waals surface area contributed by atoms with E-state index in [1.54, 1.807) is 0 Å². The number of methoxy groups -OCH3 is 1. The number of rotatable bonds is 8. The number of hydrogen-bond donors (Lipinski definition) is 2. The van der Waals surface area contributed by atoms with Crippen LogP contribution in [0.15, 0.2) is 0 Å². The van der Waals surface area contributed by atoms with Gasteiger partial charge in [-0.05, 0) is 44.4 Å². The van der Waals surface area contributed by atoms with Crippen LogP contribution < -0.4 is 10.6 Å². The number of fused-ring (bicyclic) bond motifs is 2. The number of ether oxygens (including phenoxy) is 1. The van der Waals surface area contributed by atoms with Gasteiger partial charge in [-0.3, -0.25) is 9.59 Å². The summed E-state index contributed by atoms with van der Waals surface area (Å²) in [5.41, 5.74) is 0. The predicted molar refractivity (Wildman–Crippen MR) is 88.0 cm³/mol. The molecule has 2 N–H and O–H groups in total. The van der Waals surface area contributed by atoms with E-state index in [9.17, 15) is 9.59 Å². The maximum Gasteiger partial charge on any atom is 0.305 e. The van der Waals surface area contributed by atoms with E-state index in [2.05, 4.69) is 15.4 Å². The lowest BCUT2D eigenvalue weighted by Gasteiger charge is -2.28. The molecule has 2 heterocycles. The number of carbonyl (C=O) groups excluding carboxylic acids is 2. The molecule has 0 spiro atoms. The molecule has 128 valence electrons. The third-order valence-corrected chi connectivity index (χ3v) is 4.65. The number of nitrogens with one attached hydrogen (secondary N) is 2. The summed E-state index contributed by atoms with van der Waals surface area (Å²) in [6, 6.07) is 1.31. The van der Waals surface area contributed by atoms with Crippen LogP contribution in [-0.2, 0) is 14.3 Å². The topological polar surface area (TPSA) is 67.4 Å². The molecule has 6 heteroatoms. The summed E-state index contributed by atoms with van der Waals surface area (Å²) >= 11 is 0. The van der Waals surface area contributed by atoms with Gasteiger partial charge in [-0.1, -0.05) is 6.42 Å². The second-order valence-corrected chi connectivity index (χ2v) is 6.42. The number of amides is 1. The smallest absolute Gasteiger partial charge is 0.305 e. The van der Waals surface area contributed by atoms with Crippen LogP contribution in [0.1, 0.15) is 57.8 Å². The van der Waals surface area contributed by atoms with Gasteiger partial charge in [0.2, 0.25) is 5.91 Å². The van der Waals surface area contributed by atoms with Crippen molar-refractivity contribution in [1.29, 1.82) is 0 Å². The molecular formula is C16H29ClN2O3. The summed E-state index contributed by atoms with van der Waals surface area (Å²) in [4.78, 5) is 22.9. The number of esters is 1. The van der Waals surface area contributed by atoms with E-state index in [1.165, 1.54) is 20.0 Å². The van der Waals surface area contributed by atoms with Crippen molar-refractivity contribution in [2.75, 3.05) is 13.7 Å². The van der Waals surface area contributed by atoms with Gasteiger partial charge in [-0.15, -0.1) is 12.4 Å². The lowest BCUT2D eigenvalue weighted by Crippen LogP contribution is -2.39. The first-order chi connectivity index (χ1) is 10.2. The average molecular weight is 333 g/mol. The highest BCUT2D eigenvalue weighted by atomic mass is 35.5. The van der Waals surface area contributed by atoms with E-state index in [-0.39, 0.29) is 24.3 Å². The minimum atomic E-state index is -0.153. The Balaban J connectivity index is 0.00000242. The first kappa shape index (κ1) is 19.2. The monoisotopic (exact) mass is 332 g/mol. The number of halogens is 1. The lowest BCUT2D eigenvalue weighted by atomic mass is 9.89. The van der Waals surface area contributed by atoms with Gasteiger partial charge in [0.05, 0.1) is 7.11 Å². The van der Waals surface area contributed by atoms with E-state index in [4.69, 9.17) is 0 Å². The number of carbonyl (C=O) groups is 2. The van der Waals surface area contributed by atoms with Crippen LogP contribution in [0, 0.1) is 5.92 Å². The molecule has 0 saturated carbocycles. The molecular weight excluding hydrogens is 304 g/mol. The molecule has 2 unspecified atom stereocenters. The maximum absolute atomic E-state index is 11.9. The van der Waals surface area contributed by atoms with Gasteiger partial charge in [0.15, 0.2) is 0 Å². The van der Waals surface area contributed by atoms with E-state index in [1.807, 2.05) is 0 Å². The average Bonchev–Trinajstić information content (AvgIpc) is 2.81. The van der Waals surface area contributed by atoms with E-state index < -0.39 is 0 Å². The molecule has 5 nitrogen and oxygen atoms in total. The van der Waals surface area contributed by atoms with Crippen molar-refractivity contribution in [2.45, 2.75) is 69.9 Å². The normalized spacial score (nSPS) is 26.1. The zero-order valence-corrected chi connectivity index (χ0v) is 14.3. The van der Waals surface area contributed by atoms with Crippen LogP contribution in [0.4, 0.5) is 0 Å². The Hall–Kier alpha value is -0.810. The van der Waals surface area contributed by atoms with Crippen LogP contribution in [0.25, 0.3) is 0 Å². The van der Waals surface area contributed by atoms with Crippen molar-refractivity contribution in [3.8, 4) is 0 Å². The van der Waals surface area contributed by atoms with Crippen LogP contribution in [0.5, 0.6) is 0 Å². The van der Waals surface area contributed by atoms with E-state index in [0.29, 0.717) is 30.8 Å². The van der Waals surface area contributed by atoms with Gasteiger partial charge in [0.1, 0.15) is 0 Å². The molecule has 0 aromatic heterocycles. The maximum atomic E-state index is 11.9. The molecule has 0 aliphatic carbocycles. The Bertz CT molecular complexity index is 353. The van der Waals surface area contributed by atoms with Crippen molar-refractivity contribution < 1.29 is 14.3 Å². The highest BCUT2D eigenvalue weighted by Gasteiger charge is 2.33. The Morgan fingerprint density at radius 3 is 2.45 bits per heavy atom. The third kappa shape index (κ3) is 6.53. The van der Waals surface area contributed by atoms with Crippen LogP contribution in [0.3, 0.4) is 0 Å². The van der Waals surface area contributed by atoms with E-state index in [0.717, 1.165) is 38.6 Å². The molecule has 2 saturated heterocycles. The Morgan fingerprint density at radius 1 is 1.14 bits per heavy atom. The number of unbranched alkanes of at least 4 members (excludes halogenated alkanes) is 2. The zero-order valence-electron chi connectivity index (χ0n) is 13.4. The molecule has 2 bridgehead atoms. The summed E-state index contributed by atoms with van der Waals surface area (Å²) in [5.74, 6) is 0.594. The van der Waals surface area contributed by atoms with Gasteiger partial charge < -0.3 is 15.4 Å². The van der Waals surface area contributed by atoms with Gasteiger partial charge in [-0.2, -0.15) is 0 Å². The molecule has 0 aromatic rings. The molecule has 2 aliphatic heterocycles. The molecule has 1 amide bonds. The van der Waals surface area contributed by atoms with Gasteiger partial charge >= 0.3 is 5.97 Å². The molecule has 2 rings (SSSR count). The minimum Gasteiger partial charge on any atom is -0.469 e. The van der Waals surface area contributed by atoms with Crippen molar-refractivity contribution in [2.24, 2.45) is 5.92 Å². The minimum absolute atomic E-state index is 0. The zero-order chi connectivity index (χ0) is 15.1.